The minimum atomic E-state index is -0.865. The molecule has 14 heavy (non-hydrogen) atoms. The summed E-state index contributed by atoms with van der Waals surface area (Å²) in [5.74, 6) is -1.44. The van der Waals surface area contributed by atoms with Gasteiger partial charge in [-0.25, -0.2) is 0 Å². The van der Waals surface area contributed by atoms with Crippen molar-refractivity contribution in [1.29, 1.82) is 0 Å². The molecule has 4 nitrogen and oxygen atoms in total. The third-order valence-electron chi connectivity index (χ3n) is 3.13. The standard InChI is InChI=1S/C10H19NO3/c1-11(2,3)8-6-4-5-7(9(8)12)10(13)14/h7-9,12H,4-6H2,1-3H3/p+1/t7-,8-,9-/m0/s1. The first-order valence-corrected chi connectivity index (χ1v) is 5.06. The average Bonchev–Trinajstić information content (AvgIpc) is 2.01. The van der Waals surface area contributed by atoms with E-state index in [-0.39, 0.29) is 6.04 Å². The van der Waals surface area contributed by atoms with Gasteiger partial charge < -0.3 is 14.7 Å². The van der Waals surface area contributed by atoms with Gasteiger partial charge in [0.1, 0.15) is 12.1 Å². The number of carboxylic acid groups (broad SMARTS) is 1. The van der Waals surface area contributed by atoms with E-state index in [1.165, 1.54) is 0 Å². The van der Waals surface area contributed by atoms with Gasteiger partial charge in [0.2, 0.25) is 0 Å². The van der Waals surface area contributed by atoms with E-state index in [4.69, 9.17) is 5.11 Å². The molecule has 1 aliphatic rings. The molecule has 0 unspecified atom stereocenters. The highest BCUT2D eigenvalue weighted by Gasteiger charge is 2.42. The van der Waals surface area contributed by atoms with Gasteiger partial charge in [-0.05, 0) is 12.8 Å². The summed E-state index contributed by atoms with van der Waals surface area (Å²) in [4.78, 5) is 10.9. The van der Waals surface area contributed by atoms with Crippen LogP contribution in [0.5, 0.6) is 0 Å². The Hall–Kier alpha value is -0.610. The summed E-state index contributed by atoms with van der Waals surface area (Å²) in [6.07, 6.45) is 1.71. The number of aliphatic hydroxyl groups is 1. The van der Waals surface area contributed by atoms with Gasteiger partial charge in [-0.15, -0.1) is 0 Å². The molecule has 0 aliphatic heterocycles. The Balaban J connectivity index is 2.76. The second kappa shape index (κ2) is 3.87. The Morgan fingerprint density at radius 1 is 1.29 bits per heavy atom. The zero-order valence-corrected chi connectivity index (χ0v) is 9.10. The summed E-state index contributed by atoms with van der Waals surface area (Å²) >= 11 is 0. The van der Waals surface area contributed by atoms with Crippen LogP contribution >= 0.6 is 0 Å². The highest BCUT2D eigenvalue weighted by Crippen LogP contribution is 2.29. The lowest BCUT2D eigenvalue weighted by Gasteiger charge is -2.41. The number of aliphatic hydroxyl groups excluding tert-OH is 1. The van der Waals surface area contributed by atoms with Crippen molar-refractivity contribution in [1.82, 2.24) is 0 Å². The van der Waals surface area contributed by atoms with Crippen molar-refractivity contribution < 1.29 is 19.5 Å². The van der Waals surface area contributed by atoms with Crippen LogP contribution in [0.4, 0.5) is 0 Å². The lowest BCUT2D eigenvalue weighted by molar-refractivity contribution is -0.901. The molecule has 0 heterocycles. The smallest absolute Gasteiger partial charge is 0.309 e. The quantitative estimate of drug-likeness (QED) is 0.633. The molecule has 1 fully saturated rings. The van der Waals surface area contributed by atoms with E-state index < -0.39 is 18.0 Å². The van der Waals surface area contributed by atoms with E-state index in [9.17, 15) is 9.90 Å². The molecular formula is C10H20NO3+. The fourth-order valence-corrected chi connectivity index (χ4v) is 2.27. The minimum Gasteiger partial charge on any atom is -0.481 e. The lowest BCUT2D eigenvalue weighted by Crippen LogP contribution is -2.56. The Bertz CT molecular complexity index is 222. The van der Waals surface area contributed by atoms with Crippen molar-refractivity contribution in [2.45, 2.75) is 31.4 Å². The number of quaternary nitrogens is 1. The molecule has 3 atom stereocenters. The van der Waals surface area contributed by atoms with Crippen LogP contribution in [0.25, 0.3) is 0 Å². The van der Waals surface area contributed by atoms with Gasteiger partial charge in [-0.1, -0.05) is 0 Å². The third kappa shape index (κ3) is 2.25. The molecule has 1 saturated carbocycles. The van der Waals surface area contributed by atoms with Crippen LogP contribution in [0.2, 0.25) is 0 Å². The molecule has 82 valence electrons. The number of carbonyl (C=O) groups is 1. The van der Waals surface area contributed by atoms with Crippen molar-refractivity contribution >= 4 is 5.97 Å². The molecule has 0 radical (unpaired) electrons. The van der Waals surface area contributed by atoms with Crippen LogP contribution in [0.15, 0.2) is 0 Å². The summed E-state index contributed by atoms with van der Waals surface area (Å²) < 4.78 is 0.630. The van der Waals surface area contributed by atoms with Gasteiger partial charge in [0.05, 0.1) is 27.1 Å². The summed E-state index contributed by atoms with van der Waals surface area (Å²) in [5, 5.41) is 18.9. The van der Waals surface area contributed by atoms with Crippen LogP contribution in [0, 0.1) is 5.92 Å². The van der Waals surface area contributed by atoms with Crippen LogP contribution in [0.1, 0.15) is 19.3 Å². The van der Waals surface area contributed by atoms with Gasteiger partial charge in [0.25, 0.3) is 0 Å². The fourth-order valence-electron chi connectivity index (χ4n) is 2.27. The number of likely N-dealkylation sites (N-methyl/N-ethyl adjacent to an activating group) is 1. The normalized spacial score (nSPS) is 34.1. The van der Waals surface area contributed by atoms with Crippen molar-refractivity contribution in [2.24, 2.45) is 5.92 Å². The van der Waals surface area contributed by atoms with Crippen LogP contribution < -0.4 is 0 Å². The first kappa shape index (κ1) is 11.5. The molecule has 0 amide bonds. The molecule has 0 spiro atoms. The van der Waals surface area contributed by atoms with E-state index in [1.54, 1.807) is 0 Å². The molecular weight excluding hydrogens is 182 g/mol. The topological polar surface area (TPSA) is 57.5 Å². The highest BCUT2D eigenvalue weighted by atomic mass is 16.4. The van der Waals surface area contributed by atoms with E-state index in [0.717, 1.165) is 12.8 Å². The number of aliphatic carboxylic acids is 1. The Morgan fingerprint density at radius 3 is 2.29 bits per heavy atom. The molecule has 2 N–H and O–H groups in total. The van der Waals surface area contributed by atoms with E-state index in [0.29, 0.717) is 10.9 Å². The summed E-state index contributed by atoms with van der Waals surface area (Å²) in [6.45, 7) is 0. The maximum absolute atomic E-state index is 10.9. The molecule has 0 aromatic carbocycles. The SMILES string of the molecule is C[N+](C)(C)[C@H]1CCC[C@H](C(=O)O)[C@@H]1O. The summed E-state index contributed by atoms with van der Waals surface area (Å²) in [6, 6.07) is 0.0462. The van der Waals surface area contributed by atoms with E-state index in [1.807, 2.05) is 21.1 Å². The van der Waals surface area contributed by atoms with Gasteiger partial charge in [-0.2, -0.15) is 0 Å². The molecule has 0 bridgehead atoms. The Kier molecular flexibility index (Phi) is 3.17. The number of hydrogen-bond donors (Lipinski definition) is 2. The number of rotatable bonds is 2. The second-order valence-corrected chi connectivity index (χ2v) is 5.05. The van der Waals surface area contributed by atoms with Crippen LogP contribution in [-0.4, -0.2) is 54.0 Å². The van der Waals surface area contributed by atoms with Gasteiger partial charge in [0.15, 0.2) is 0 Å². The molecule has 0 aromatic heterocycles. The fraction of sp³-hybridized carbons (Fsp3) is 0.900. The predicted molar refractivity (Wildman–Crippen MR) is 52.8 cm³/mol. The van der Waals surface area contributed by atoms with Gasteiger partial charge in [0, 0.05) is 6.42 Å². The maximum atomic E-state index is 10.9. The third-order valence-corrected chi connectivity index (χ3v) is 3.13. The number of carboxylic acids is 1. The molecule has 4 heteroatoms. The number of hydrogen-bond acceptors (Lipinski definition) is 2. The predicted octanol–water partition coefficient (Wildman–Crippen LogP) is 0.307. The minimum absolute atomic E-state index is 0.0462. The number of nitrogens with zero attached hydrogens (tertiary/aromatic N) is 1. The van der Waals surface area contributed by atoms with Gasteiger partial charge >= 0.3 is 5.97 Å². The maximum Gasteiger partial charge on any atom is 0.309 e. The van der Waals surface area contributed by atoms with E-state index >= 15 is 0 Å². The average molecular weight is 202 g/mol. The highest BCUT2D eigenvalue weighted by molar-refractivity contribution is 5.70. The Morgan fingerprint density at radius 2 is 1.86 bits per heavy atom. The molecule has 0 aromatic rings. The second-order valence-electron chi connectivity index (χ2n) is 5.05. The molecule has 1 rings (SSSR count). The van der Waals surface area contributed by atoms with E-state index in [2.05, 4.69) is 0 Å². The zero-order chi connectivity index (χ0) is 10.9. The summed E-state index contributed by atoms with van der Waals surface area (Å²) in [5.41, 5.74) is 0. The van der Waals surface area contributed by atoms with Crippen molar-refractivity contribution in [2.75, 3.05) is 21.1 Å². The van der Waals surface area contributed by atoms with Gasteiger partial charge in [-0.3, -0.25) is 4.79 Å². The molecule has 1 aliphatic carbocycles. The lowest BCUT2D eigenvalue weighted by atomic mass is 9.82. The Labute approximate surface area is 84.7 Å². The molecule has 0 saturated heterocycles. The van der Waals surface area contributed by atoms with Crippen LogP contribution in [0.3, 0.4) is 0 Å². The zero-order valence-electron chi connectivity index (χ0n) is 9.10. The monoisotopic (exact) mass is 202 g/mol. The first-order chi connectivity index (χ1) is 6.34. The summed E-state index contributed by atoms with van der Waals surface area (Å²) in [7, 11) is 5.99. The van der Waals surface area contributed by atoms with Crippen molar-refractivity contribution in [3.05, 3.63) is 0 Å². The van der Waals surface area contributed by atoms with Crippen LogP contribution in [-0.2, 0) is 4.79 Å². The largest absolute Gasteiger partial charge is 0.481 e. The van der Waals surface area contributed by atoms with Crippen molar-refractivity contribution in [3.8, 4) is 0 Å². The van der Waals surface area contributed by atoms with Crippen molar-refractivity contribution in [3.63, 3.8) is 0 Å². The first-order valence-electron chi connectivity index (χ1n) is 5.06.